The van der Waals surface area contributed by atoms with Crippen molar-refractivity contribution < 1.29 is 4.74 Å². The molecule has 2 aromatic rings. The fraction of sp³-hybridized carbons (Fsp3) is 0.125. The second-order valence-corrected chi connectivity index (χ2v) is 2.60. The van der Waals surface area contributed by atoms with Crippen molar-refractivity contribution in [3.8, 4) is 11.7 Å². The topological polar surface area (TPSA) is 78.9 Å². The summed E-state index contributed by atoms with van der Waals surface area (Å²) in [4.78, 5) is 7.91. The Morgan fingerprint density at radius 3 is 2.93 bits per heavy atom. The molecule has 2 aromatic heterocycles. The van der Waals surface area contributed by atoms with Crippen LogP contribution in [0.5, 0.6) is 5.88 Å². The highest BCUT2D eigenvalue weighted by Gasteiger charge is 2.01. The fourth-order valence-electron chi connectivity index (χ4n) is 1.03. The van der Waals surface area contributed by atoms with Crippen LogP contribution in [0.2, 0.25) is 0 Å². The van der Waals surface area contributed by atoms with E-state index in [1.165, 1.54) is 6.33 Å². The van der Waals surface area contributed by atoms with E-state index in [1.54, 1.807) is 30.1 Å². The van der Waals surface area contributed by atoms with Gasteiger partial charge in [0.05, 0.1) is 7.11 Å². The first-order valence-corrected chi connectivity index (χ1v) is 3.97. The van der Waals surface area contributed by atoms with Crippen LogP contribution in [-0.2, 0) is 0 Å². The van der Waals surface area contributed by atoms with Crippen molar-refractivity contribution in [1.82, 2.24) is 19.7 Å². The molecule has 6 nitrogen and oxygen atoms in total. The molecule has 0 aliphatic rings. The van der Waals surface area contributed by atoms with Crippen molar-refractivity contribution in [1.29, 1.82) is 0 Å². The third-order valence-corrected chi connectivity index (χ3v) is 1.68. The maximum Gasteiger partial charge on any atom is 0.218 e. The lowest BCUT2D eigenvalue weighted by Crippen LogP contribution is -2.00. The molecule has 0 fully saturated rings. The van der Waals surface area contributed by atoms with Crippen molar-refractivity contribution in [3.05, 3.63) is 24.7 Å². The lowest BCUT2D eigenvalue weighted by atomic mass is 10.5. The molecular formula is C8H9N5O. The average molecular weight is 191 g/mol. The number of nitrogen functional groups attached to an aromatic ring is 1. The number of nitrogens with zero attached hydrogens (tertiary/aromatic N) is 4. The number of hydrogen-bond acceptors (Lipinski definition) is 5. The van der Waals surface area contributed by atoms with Gasteiger partial charge < -0.3 is 10.5 Å². The minimum atomic E-state index is 0.447. The highest BCUT2D eigenvalue weighted by molar-refractivity contribution is 5.31. The summed E-state index contributed by atoms with van der Waals surface area (Å²) in [5.74, 6) is 1.56. The largest absolute Gasteiger partial charge is 0.481 e. The summed E-state index contributed by atoms with van der Waals surface area (Å²) < 4.78 is 6.51. The molecule has 72 valence electrons. The monoisotopic (exact) mass is 191 g/mol. The van der Waals surface area contributed by atoms with Gasteiger partial charge in [-0.15, -0.1) is 5.10 Å². The Bertz CT molecular complexity index is 439. The van der Waals surface area contributed by atoms with Gasteiger partial charge in [0.25, 0.3) is 0 Å². The first kappa shape index (κ1) is 8.49. The molecule has 0 amide bonds. The van der Waals surface area contributed by atoms with Crippen LogP contribution in [0.15, 0.2) is 24.7 Å². The third kappa shape index (κ3) is 1.49. The fourth-order valence-corrected chi connectivity index (χ4v) is 1.03. The molecule has 0 spiro atoms. The van der Waals surface area contributed by atoms with Crippen LogP contribution in [0, 0.1) is 0 Å². The average Bonchev–Trinajstić information content (AvgIpc) is 2.65. The molecule has 0 saturated carbocycles. The molecule has 0 saturated heterocycles. The normalized spacial score (nSPS) is 10.1. The molecule has 0 aliphatic carbocycles. The Morgan fingerprint density at radius 2 is 2.29 bits per heavy atom. The van der Waals surface area contributed by atoms with E-state index in [1.807, 2.05) is 0 Å². The third-order valence-electron chi connectivity index (χ3n) is 1.68. The Balaban J connectivity index is 2.41. The van der Waals surface area contributed by atoms with Crippen molar-refractivity contribution in [2.75, 3.05) is 12.8 Å². The molecule has 6 heteroatoms. The first-order valence-electron chi connectivity index (χ1n) is 3.97. The van der Waals surface area contributed by atoms with E-state index in [9.17, 15) is 0 Å². The summed E-state index contributed by atoms with van der Waals surface area (Å²) in [6, 6.07) is 3.36. The molecule has 14 heavy (non-hydrogen) atoms. The lowest BCUT2D eigenvalue weighted by Gasteiger charge is -2.01. The number of nitrogens with two attached hydrogens (primary N) is 1. The van der Waals surface area contributed by atoms with E-state index < -0.39 is 0 Å². The van der Waals surface area contributed by atoms with Gasteiger partial charge in [0.1, 0.15) is 12.1 Å². The van der Waals surface area contributed by atoms with Gasteiger partial charge in [-0.25, -0.2) is 14.6 Å². The quantitative estimate of drug-likeness (QED) is 0.736. The van der Waals surface area contributed by atoms with Crippen LogP contribution in [0.1, 0.15) is 0 Å². The number of rotatable bonds is 2. The summed E-state index contributed by atoms with van der Waals surface area (Å²) in [5.41, 5.74) is 5.48. The second kappa shape index (κ2) is 3.33. The van der Waals surface area contributed by atoms with Gasteiger partial charge in [-0.05, 0) is 0 Å². The summed E-state index contributed by atoms with van der Waals surface area (Å²) in [6.45, 7) is 0. The number of ether oxygens (including phenoxy) is 1. The van der Waals surface area contributed by atoms with Gasteiger partial charge in [-0.1, -0.05) is 0 Å². The minimum Gasteiger partial charge on any atom is -0.481 e. The van der Waals surface area contributed by atoms with Crippen LogP contribution >= 0.6 is 0 Å². The maximum absolute atomic E-state index is 5.48. The van der Waals surface area contributed by atoms with Crippen molar-refractivity contribution in [3.63, 3.8) is 0 Å². The van der Waals surface area contributed by atoms with Crippen LogP contribution in [0.3, 0.4) is 0 Å². The second-order valence-electron chi connectivity index (χ2n) is 2.60. The van der Waals surface area contributed by atoms with Crippen LogP contribution in [-0.4, -0.2) is 26.9 Å². The van der Waals surface area contributed by atoms with Gasteiger partial charge in [0.15, 0.2) is 5.82 Å². The molecule has 0 bridgehead atoms. The predicted octanol–water partition coefficient (Wildman–Crippen LogP) is 0.253. The van der Waals surface area contributed by atoms with E-state index in [0.29, 0.717) is 17.5 Å². The smallest absolute Gasteiger partial charge is 0.218 e. The maximum atomic E-state index is 5.48. The van der Waals surface area contributed by atoms with E-state index in [-0.39, 0.29) is 0 Å². The summed E-state index contributed by atoms with van der Waals surface area (Å²) in [7, 11) is 1.55. The summed E-state index contributed by atoms with van der Waals surface area (Å²) in [6.07, 6.45) is 3.13. The van der Waals surface area contributed by atoms with Crippen LogP contribution < -0.4 is 10.5 Å². The molecule has 0 radical (unpaired) electrons. The molecule has 2 N–H and O–H groups in total. The Morgan fingerprint density at radius 1 is 1.43 bits per heavy atom. The highest BCUT2D eigenvalue weighted by atomic mass is 16.5. The minimum absolute atomic E-state index is 0.447. The molecule has 2 rings (SSSR count). The summed E-state index contributed by atoms with van der Waals surface area (Å²) >= 11 is 0. The number of anilines is 1. The molecule has 0 atom stereocenters. The summed E-state index contributed by atoms with van der Waals surface area (Å²) in [5, 5.41) is 4.00. The standard InChI is InChI=1S/C8H9N5O/c1-14-8-4-7(10-5-11-8)13-3-2-6(9)12-13/h2-5H,1H3,(H2,9,12). The van der Waals surface area contributed by atoms with E-state index >= 15 is 0 Å². The predicted molar refractivity (Wildman–Crippen MR) is 50.1 cm³/mol. The van der Waals surface area contributed by atoms with Gasteiger partial charge in [0.2, 0.25) is 5.88 Å². The van der Waals surface area contributed by atoms with Gasteiger partial charge in [-0.3, -0.25) is 0 Å². The van der Waals surface area contributed by atoms with Gasteiger partial charge >= 0.3 is 0 Å². The lowest BCUT2D eigenvalue weighted by molar-refractivity contribution is 0.396. The first-order chi connectivity index (χ1) is 6.79. The molecule has 0 aromatic carbocycles. The number of hydrogen-bond donors (Lipinski definition) is 1. The zero-order valence-corrected chi connectivity index (χ0v) is 7.58. The van der Waals surface area contributed by atoms with E-state index in [0.717, 1.165) is 0 Å². The molecule has 0 aliphatic heterocycles. The highest BCUT2D eigenvalue weighted by Crippen LogP contribution is 2.10. The SMILES string of the molecule is COc1cc(-n2ccc(N)n2)ncn1. The van der Waals surface area contributed by atoms with Crippen molar-refractivity contribution in [2.24, 2.45) is 0 Å². The number of aromatic nitrogens is 4. The van der Waals surface area contributed by atoms with E-state index in [2.05, 4.69) is 15.1 Å². The van der Waals surface area contributed by atoms with Crippen LogP contribution in [0.4, 0.5) is 5.82 Å². The van der Waals surface area contributed by atoms with Crippen LogP contribution in [0.25, 0.3) is 5.82 Å². The molecule has 0 unspecified atom stereocenters. The number of methoxy groups -OCH3 is 1. The zero-order chi connectivity index (χ0) is 9.97. The molecule has 2 heterocycles. The Kier molecular flexibility index (Phi) is 2.02. The van der Waals surface area contributed by atoms with Gasteiger partial charge in [-0.2, -0.15) is 0 Å². The Labute approximate surface area is 80.4 Å². The van der Waals surface area contributed by atoms with Gasteiger partial charge in [0, 0.05) is 18.3 Å². The van der Waals surface area contributed by atoms with Crippen molar-refractivity contribution in [2.45, 2.75) is 0 Å². The van der Waals surface area contributed by atoms with E-state index in [4.69, 9.17) is 10.5 Å². The van der Waals surface area contributed by atoms with Crippen molar-refractivity contribution >= 4 is 5.82 Å². The Hall–Kier alpha value is -2.11. The molecular weight excluding hydrogens is 182 g/mol. The zero-order valence-electron chi connectivity index (χ0n) is 7.58.